The zero-order valence-electron chi connectivity index (χ0n) is 15.0. The van der Waals surface area contributed by atoms with Crippen molar-refractivity contribution >= 4 is 7.60 Å². The van der Waals surface area contributed by atoms with Gasteiger partial charge in [-0.05, 0) is 36.5 Å². The van der Waals surface area contributed by atoms with Crippen molar-refractivity contribution in [3.05, 3.63) is 0 Å². The van der Waals surface area contributed by atoms with Gasteiger partial charge in [0.05, 0.1) is 12.8 Å². The van der Waals surface area contributed by atoms with E-state index in [-0.39, 0.29) is 0 Å². The third kappa shape index (κ3) is 12.4. The van der Waals surface area contributed by atoms with E-state index in [0.29, 0.717) is 30.0 Å². The summed E-state index contributed by atoms with van der Waals surface area (Å²) in [6.45, 7) is 13.5. The van der Waals surface area contributed by atoms with Gasteiger partial charge in [0, 0.05) is 0 Å². The molecule has 128 valence electrons. The second kappa shape index (κ2) is 10.0. The lowest BCUT2D eigenvalue weighted by Gasteiger charge is -2.24. The Balaban J connectivity index is 4.09. The second-order valence-corrected chi connectivity index (χ2v) is 9.63. The molecule has 0 aromatic heterocycles. The van der Waals surface area contributed by atoms with Crippen LogP contribution in [0.2, 0.25) is 0 Å². The van der Waals surface area contributed by atoms with E-state index in [0.717, 1.165) is 38.5 Å². The molecule has 0 saturated heterocycles. The summed E-state index contributed by atoms with van der Waals surface area (Å²) in [7, 11) is -3.41. The molecule has 0 aromatic carbocycles. The predicted molar refractivity (Wildman–Crippen MR) is 91.8 cm³/mol. The lowest BCUT2D eigenvalue weighted by atomic mass is 9.84. The van der Waals surface area contributed by atoms with Gasteiger partial charge < -0.3 is 9.42 Å². The first kappa shape index (κ1) is 21.1. The summed E-state index contributed by atoms with van der Waals surface area (Å²) in [5.74, 6) is 0.833. The van der Waals surface area contributed by atoms with E-state index >= 15 is 0 Å². The van der Waals surface area contributed by atoms with E-state index in [1.165, 1.54) is 0 Å². The molecule has 1 N–H and O–H groups in total. The fourth-order valence-corrected chi connectivity index (χ4v) is 4.43. The highest BCUT2D eigenvalue weighted by Gasteiger charge is 2.24. The van der Waals surface area contributed by atoms with Crippen molar-refractivity contribution in [3.8, 4) is 0 Å². The molecule has 0 spiro atoms. The van der Waals surface area contributed by atoms with Crippen LogP contribution in [0.1, 0.15) is 80.1 Å². The highest BCUT2D eigenvalue weighted by atomic mass is 31.2. The van der Waals surface area contributed by atoms with Gasteiger partial charge in [-0.25, -0.2) is 0 Å². The van der Waals surface area contributed by atoms with Crippen molar-refractivity contribution in [1.29, 1.82) is 0 Å². The molecule has 0 radical (unpaired) electrons. The van der Waals surface area contributed by atoms with Crippen LogP contribution in [0.4, 0.5) is 0 Å². The van der Waals surface area contributed by atoms with Gasteiger partial charge in [0.2, 0.25) is 0 Å². The molecule has 0 fully saturated rings. The Kier molecular flexibility index (Phi) is 10.1. The molecular weight excluding hydrogens is 283 g/mol. The fraction of sp³-hybridized carbons (Fsp3) is 1.00. The number of hydrogen-bond donors (Lipinski definition) is 1. The molecule has 21 heavy (non-hydrogen) atoms. The Morgan fingerprint density at radius 1 is 1.19 bits per heavy atom. The largest absolute Gasteiger partial charge is 0.328 e. The SMILES string of the molecule is CCCCC(CC)CP(=O)(O)OCCC(C)CC(C)(C)C. The summed E-state index contributed by atoms with van der Waals surface area (Å²) in [5.41, 5.74) is 0.301. The molecule has 0 aromatic rings. The van der Waals surface area contributed by atoms with Gasteiger partial charge in [0.25, 0.3) is 0 Å². The van der Waals surface area contributed by atoms with Gasteiger partial charge in [-0.15, -0.1) is 0 Å². The van der Waals surface area contributed by atoms with E-state index in [1.54, 1.807) is 0 Å². The average Bonchev–Trinajstić information content (AvgIpc) is 2.31. The molecule has 4 heteroatoms. The Morgan fingerprint density at radius 2 is 1.81 bits per heavy atom. The topological polar surface area (TPSA) is 46.5 Å². The molecule has 0 bridgehead atoms. The van der Waals surface area contributed by atoms with Crippen LogP contribution in [0.5, 0.6) is 0 Å². The van der Waals surface area contributed by atoms with E-state index in [1.807, 2.05) is 0 Å². The van der Waals surface area contributed by atoms with Gasteiger partial charge >= 0.3 is 7.60 Å². The lowest BCUT2D eigenvalue weighted by Crippen LogP contribution is -2.13. The van der Waals surface area contributed by atoms with Gasteiger partial charge in [-0.3, -0.25) is 4.57 Å². The smallest absolute Gasteiger partial charge is 0.324 e. The minimum absolute atomic E-state index is 0.301. The van der Waals surface area contributed by atoms with Crippen molar-refractivity contribution in [2.24, 2.45) is 17.3 Å². The van der Waals surface area contributed by atoms with E-state index in [9.17, 15) is 9.46 Å². The first-order chi connectivity index (χ1) is 9.59. The molecule has 0 heterocycles. The third-order valence-electron chi connectivity index (χ3n) is 3.90. The van der Waals surface area contributed by atoms with Crippen molar-refractivity contribution < 1.29 is 14.0 Å². The summed E-state index contributed by atoms with van der Waals surface area (Å²) in [4.78, 5) is 9.99. The van der Waals surface area contributed by atoms with Crippen LogP contribution in [0, 0.1) is 17.3 Å². The number of unbranched alkanes of at least 4 members (excludes halogenated alkanes) is 1. The molecule has 0 saturated carbocycles. The highest BCUT2D eigenvalue weighted by Crippen LogP contribution is 2.45. The first-order valence-electron chi connectivity index (χ1n) is 8.56. The Hall–Kier alpha value is 0.150. The van der Waals surface area contributed by atoms with Gasteiger partial charge in [-0.2, -0.15) is 0 Å². The Labute approximate surface area is 132 Å². The highest BCUT2D eigenvalue weighted by molar-refractivity contribution is 7.52. The molecular formula is C17H37O3P. The maximum atomic E-state index is 12.1. The molecule has 3 unspecified atom stereocenters. The monoisotopic (exact) mass is 320 g/mol. The summed E-state index contributed by atoms with van der Waals surface area (Å²) < 4.78 is 17.5. The van der Waals surface area contributed by atoms with Crippen molar-refractivity contribution in [2.75, 3.05) is 12.8 Å². The Morgan fingerprint density at radius 3 is 2.29 bits per heavy atom. The molecule has 3 nitrogen and oxygen atoms in total. The zero-order valence-corrected chi connectivity index (χ0v) is 15.9. The maximum Gasteiger partial charge on any atom is 0.328 e. The summed E-state index contributed by atoms with van der Waals surface area (Å²) in [6, 6.07) is 0. The van der Waals surface area contributed by atoms with Crippen molar-refractivity contribution in [2.45, 2.75) is 80.1 Å². The van der Waals surface area contributed by atoms with Crippen molar-refractivity contribution in [3.63, 3.8) is 0 Å². The Bertz CT molecular complexity index is 310. The van der Waals surface area contributed by atoms with Crippen LogP contribution in [-0.4, -0.2) is 17.7 Å². The van der Waals surface area contributed by atoms with Crippen LogP contribution in [-0.2, 0) is 9.09 Å². The minimum atomic E-state index is -3.41. The maximum absolute atomic E-state index is 12.1. The van der Waals surface area contributed by atoms with Gasteiger partial charge in [0.15, 0.2) is 0 Å². The van der Waals surface area contributed by atoms with Crippen LogP contribution in [0.25, 0.3) is 0 Å². The van der Waals surface area contributed by atoms with Gasteiger partial charge in [0.1, 0.15) is 0 Å². The van der Waals surface area contributed by atoms with Crippen molar-refractivity contribution in [1.82, 2.24) is 0 Å². The molecule has 0 aliphatic heterocycles. The lowest BCUT2D eigenvalue weighted by molar-refractivity contribution is 0.215. The average molecular weight is 320 g/mol. The molecule has 0 rings (SSSR count). The van der Waals surface area contributed by atoms with E-state index in [2.05, 4.69) is 41.5 Å². The first-order valence-corrected chi connectivity index (χ1v) is 10.3. The molecule has 3 atom stereocenters. The molecule has 0 amide bonds. The van der Waals surface area contributed by atoms with E-state index in [4.69, 9.17) is 4.52 Å². The van der Waals surface area contributed by atoms with Crippen LogP contribution in [0.15, 0.2) is 0 Å². The molecule has 0 aliphatic rings. The zero-order chi connectivity index (χ0) is 16.5. The summed E-state index contributed by atoms with van der Waals surface area (Å²) in [6.07, 6.45) is 6.53. The number of rotatable bonds is 11. The predicted octanol–water partition coefficient (Wildman–Crippen LogP) is 5.87. The summed E-state index contributed by atoms with van der Waals surface area (Å²) >= 11 is 0. The standard InChI is InChI=1S/C17H37O3P/c1-7-9-10-16(8-2)14-21(18,19)20-12-11-15(3)13-17(4,5)6/h15-16H,7-14H2,1-6H3,(H,18,19). The van der Waals surface area contributed by atoms with Crippen LogP contribution in [0.3, 0.4) is 0 Å². The van der Waals surface area contributed by atoms with Crippen LogP contribution >= 0.6 is 7.60 Å². The van der Waals surface area contributed by atoms with Gasteiger partial charge in [-0.1, -0.05) is 60.8 Å². The van der Waals surface area contributed by atoms with Crippen LogP contribution < -0.4 is 0 Å². The second-order valence-electron chi connectivity index (χ2n) is 7.73. The fourth-order valence-electron chi connectivity index (χ4n) is 2.84. The minimum Gasteiger partial charge on any atom is -0.324 e. The quantitative estimate of drug-likeness (QED) is 0.484. The number of hydrogen-bond acceptors (Lipinski definition) is 2. The normalized spacial score (nSPS) is 18.2. The molecule has 0 aliphatic carbocycles. The summed E-state index contributed by atoms with van der Waals surface area (Å²) in [5, 5.41) is 0. The van der Waals surface area contributed by atoms with E-state index < -0.39 is 7.60 Å². The third-order valence-corrected chi connectivity index (χ3v) is 5.46.